The summed E-state index contributed by atoms with van der Waals surface area (Å²) < 4.78 is 30.5. The van der Waals surface area contributed by atoms with E-state index in [1.54, 1.807) is 31.4 Å². The Morgan fingerprint density at radius 2 is 2.00 bits per heavy atom. The van der Waals surface area contributed by atoms with E-state index in [2.05, 4.69) is 15.4 Å². The van der Waals surface area contributed by atoms with E-state index in [9.17, 15) is 14.3 Å². The van der Waals surface area contributed by atoms with Crippen LogP contribution in [0.25, 0.3) is 33.6 Å². The van der Waals surface area contributed by atoms with Gasteiger partial charge in [0.1, 0.15) is 18.0 Å². The fraction of sp³-hybridized carbons (Fsp3) is 0.393. The van der Waals surface area contributed by atoms with Gasteiger partial charge in [-0.2, -0.15) is 5.10 Å². The number of carbonyl (C=O) groups excluding carboxylic acids is 1. The molecule has 1 amide bonds. The molecule has 1 spiro atoms. The summed E-state index contributed by atoms with van der Waals surface area (Å²) in [5.41, 5.74) is 2.15. The lowest BCUT2D eigenvalue weighted by atomic mass is 10.0. The van der Waals surface area contributed by atoms with E-state index in [0.29, 0.717) is 46.8 Å². The van der Waals surface area contributed by atoms with Gasteiger partial charge in [-0.25, -0.2) is 4.39 Å². The summed E-state index contributed by atoms with van der Waals surface area (Å²) in [5.74, 6) is -0.103. The Morgan fingerprint density at radius 3 is 2.71 bits per heavy atom. The number of nitrogens with one attached hydrogen (secondary N) is 1. The molecule has 2 atom stereocenters. The minimum atomic E-state index is -0.516. The third-order valence-electron chi connectivity index (χ3n) is 8.17. The van der Waals surface area contributed by atoms with Gasteiger partial charge in [-0.1, -0.05) is 31.1 Å². The number of hydrogen-bond donors (Lipinski definition) is 2. The molecule has 6 rings (SSSR count). The normalized spacial score (nSPS) is 21.9. The maximum Gasteiger partial charge on any atom is 0.254 e. The van der Waals surface area contributed by atoms with Crippen LogP contribution in [-0.4, -0.2) is 69.8 Å². The van der Waals surface area contributed by atoms with Gasteiger partial charge in [-0.3, -0.25) is 9.89 Å². The van der Waals surface area contributed by atoms with Crippen LogP contribution in [0.4, 0.5) is 4.39 Å². The molecule has 2 aliphatic rings. The molecular weight excluding hydrogens is 491 g/mol. The molecule has 38 heavy (non-hydrogen) atoms. The van der Waals surface area contributed by atoms with Crippen molar-refractivity contribution in [3.63, 3.8) is 0 Å². The van der Waals surface area contributed by atoms with Crippen LogP contribution < -0.4 is 4.74 Å². The lowest BCUT2D eigenvalue weighted by Crippen LogP contribution is -2.41. The number of methoxy groups -OCH3 is 1. The number of aliphatic hydroxyl groups excluding tert-OH is 1. The molecule has 1 saturated carbocycles. The molecule has 9 nitrogen and oxygen atoms in total. The van der Waals surface area contributed by atoms with Crippen LogP contribution in [0.15, 0.2) is 47.0 Å². The molecule has 1 saturated heterocycles. The molecule has 4 aromatic rings. The van der Waals surface area contributed by atoms with Crippen molar-refractivity contribution < 1.29 is 28.3 Å². The summed E-state index contributed by atoms with van der Waals surface area (Å²) in [6.45, 7) is 5.26. The van der Waals surface area contributed by atoms with Crippen molar-refractivity contribution in [3.8, 4) is 28.5 Å². The third kappa shape index (κ3) is 3.62. The number of benzene rings is 2. The molecule has 1 aliphatic carbocycles. The van der Waals surface area contributed by atoms with Crippen molar-refractivity contribution in [2.45, 2.75) is 38.3 Å². The molecule has 2 N–H and O–H groups in total. The summed E-state index contributed by atoms with van der Waals surface area (Å²) in [5, 5.41) is 22.5. The zero-order valence-electron chi connectivity index (χ0n) is 21.5. The van der Waals surface area contributed by atoms with Crippen LogP contribution in [0.5, 0.6) is 5.75 Å². The Morgan fingerprint density at radius 1 is 1.24 bits per heavy atom. The molecule has 0 radical (unpaired) electrons. The van der Waals surface area contributed by atoms with Crippen molar-refractivity contribution >= 4 is 16.8 Å². The Bertz CT molecular complexity index is 1510. The van der Waals surface area contributed by atoms with E-state index in [4.69, 9.17) is 14.0 Å². The van der Waals surface area contributed by atoms with E-state index in [0.717, 1.165) is 18.4 Å². The molecular formula is C28H29FN4O5. The minimum absolute atomic E-state index is 0.0740. The third-order valence-corrected chi connectivity index (χ3v) is 8.17. The highest BCUT2D eigenvalue weighted by molar-refractivity contribution is 5.96. The second-order valence-electron chi connectivity index (χ2n) is 10.5. The number of halogens is 1. The Balaban J connectivity index is 1.21. The lowest BCUT2D eigenvalue weighted by Gasteiger charge is -2.27. The number of hydrogen-bond acceptors (Lipinski definition) is 7. The molecule has 0 bridgehead atoms. The fourth-order valence-corrected chi connectivity index (χ4v) is 5.89. The highest BCUT2D eigenvalue weighted by Crippen LogP contribution is 2.64. The van der Waals surface area contributed by atoms with E-state index in [1.165, 1.54) is 6.07 Å². The number of ether oxygens (including phenoxy) is 2. The lowest BCUT2D eigenvalue weighted by molar-refractivity contribution is 0.0647. The number of amides is 1. The van der Waals surface area contributed by atoms with E-state index < -0.39 is 17.5 Å². The van der Waals surface area contributed by atoms with Crippen LogP contribution >= 0.6 is 0 Å². The van der Waals surface area contributed by atoms with Crippen molar-refractivity contribution in [1.29, 1.82) is 0 Å². The Labute approximate surface area is 218 Å². The monoisotopic (exact) mass is 520 g/mol. The number of likely N-dealkylation sites (tertiary alicyclic amines) is 1. The maximum atomic E-state index is 14.6. The van der Waals surface area contributed by atoms with Gasteiger partial charge in [-0.05, 0) is 31.0 Å². The number of carbonyl (C=O) groups is 1. The number of aliphatic hydroxyl groups is 1. The topological polar surface area (TPSA) is 114 Å². The van der Waals surface area contributed by atoms with Gasteiger partial charge in [0.05, 0.1) is 23.8 Å². The molecule has 198 valence electrons. The molecule has 3 heterocycles. The average molecular weight is 521 g/mol. The maximum absolute atomic E-state index is 14.6. The summed E-state index contributed by atoms with van der Waals surface area (Å²) in [4.78, 5) is 15.2. The van der Waals surface area contributed by atoms with E-state index in [-0.39, 0.29) is 23.7 Å². The van der Waals surface area contributed by atoms with Gasteiger partial charge in [0, 0.05) is 47.7 Å². The SMILES string of the molecule is COCCOc1cc2[nH]nc(-c3cc(-c4ccc(C(=O)N5CCCC56C(O)C6(C)C)cc4)no3)c2cc1F. The second-order valence-corrected chi connectivity index (χ2v) is 10.5. The van der Waals surface area contributed by atoms with Crippen molar-refractivity contribution in [2.24, 2.45) is 5.41 Å². The second kappa shape index (κ2) is 8.92. The van der Waals surface area contributed by atoms with Crippen LogP contribution in [0, 0.1) is 11.2 Å². The highest BCUT2D eigenvalue weighted by Gasteiger charge is 2.75. The highest BCUT2D eigenvalue weighted by atomic mass is 19.1. The van der Waals surface area contributed by atoms with Gasteiger partial charge in [0.2, 0.25) is 0 Å². The smallest absolute Gasteiger partial charge is 0.254 e. The quantitative estimate of drug-likeness (QED) is 0.347. The number of nitrogens with zero attached hydrogens (tertiary/aromatic N) is 3. The van der Waals surface area contributed by atoms with Crippen molar-refractivity contribution in [2.75, 3.05) is 26.9 Å². The first-order chi connectivity index (χ1) is 18.3. The number of rotatable bonds is 7. The molecule has 2 unspecified atom stereocenters. The number of H-pyrrole nitrogens is 1. The standard InChI is InChI=1S/C28H29FN4O5/c1-27(2)26(35)28(27)9-4-10-33(28)25(34)17-7-5-16(6-8-17)20-14-23(38-32-20)24-18-13-19(29)22(37-12-11-36-3)15-21(18)30-31-24/h5-8,13-15,26,35H,4,9-12H2,1-3H3,(H,30,31). The molecule has 10 heteroatoms. The zero-order chi connectivity index (χ0) is 26.7. The van der Waals surface area contributed by atoms with Crippen molar-refractivity contribution in [3.05, 3.63) is 53.8 Å². The van der Waals surface area contributed by atoms with Gasteiger partial charge in [0.15, 0.2) is 17.3 Å². The molecule has 2 aromatic carbocycles. The first kappa shape index (κ1) is 24.6. The molecule has 1 aliphatic heterocycles. The average Bonchev–Trinajstić information content (AvgIpc) is 3.52. The summed E-state index contributed by atoms with van der Waals surface area (Å²) in [7, 11) is 1.55. The van der Waals surface area contributed by atoms with Crippen LogP contribution in [0.3, 0.4) is 0 Å². The largest absolute Gasteiger partial charge is 0.488 e. The van der Waals surface area contributed by atoms with Crippen LogP contribution in [-0.2, 0) is 4.74 Å². The summed E-state index contributed by atoms with van der Waals surface area (Å²) >= 11 is 0. The first-order valence-corrected chi connectivity index (χ1v) is 12.6. The predicted octanol–water partition coefficient (Wildman–Crippen LogP) is 4.42. The van der Waals surface area contributed by atoms with Gasteiger partial charge in [-0.15, -0.1) is 0 Å². The van der Waals surface area contributed by atoms with Gasteiger partial charge >= 0.3 is 0 Å². The van der Waals surface area contributed by atoms with E-state index in [1.807, 2.05) is 30.9 Å². The number of aromatic nitrogens is 3. The summed E-state index contributed by atoms with van der Waals surface area (Å²) in [6, 6.07) is 11.8. The first-order valence-electron chi connectivity index (χ1n) is 12.6. The molecule has 2 aromatic heterocycles. The van der Waals surface area contributed by atoms with Gasteiger partial charge < -0.3 is 24.0 Å². The van der Waals surface area contributed by atoms with Crippen LogP contribution in [0.2, 0.25) is 0 Å². The number of aromatic amines is 1. The predicted molar refractivity (Wildman–Crippen MR) is 137 cm³/mol. The zero-order valence-corrected chi connectivity index (χ0v) is 21.5. The minimum Gasteiger partial charge on any atom is -0.488 e. The number of fused-ring (bicyclic) bond motifs is 1. The Kier molecular flexibility index (Phi) is 5.77. The van der Waals surface area contributed by atoms with Crippen molar-refractivity contribution in [1.82, 2.24) is 20.3 Å². The fourth-order valence-electron chi connectivity index (χ4n) is 5.89. The Hall–Kier alpha value is -3.76. The molecule has 2 fully saturated rings. The summed E-state index contributed by atoms with van der Waals surface area (Å²) in [6.07, 6.45) is 1.20. The van der Waals surface area contributed by atoms with Gasteiger partial charge in [0.25, 0.3) is 5.91 Å². The van der Waals surface area contributed by atoms with Crippen LogP contribution in [0.1, 0.15) is 37.0 Å². The van der Waals surface area contributed by atoms with E-state index >= 15 is 0 Å².